The summed E-state index contributed by atoms with van der Waals surface area (Å²) < 4.78 is 28.1. The lowest BCUT2D eigenvalue weighted by molar-refractivity contribution is -0.124. The van der Waals surface area contributed by atoms with Gasteiger partial charge in [0, 0.05) is 30.7 Å². The minimum atomic E-state index is -3.57. The molecule has 4 rings (SSSR count). The van der Waals surface area contributed by atoms with Gasteiger partial charge in [-0.2, -0.15) is 4.31 Å². The summed E-state index contributed by atoms with van der Waals surface area (Å²) >= 11 is 0. The van der Waals surface area contributed by atoms with Crippen molar-refractivity contribution in [2.75, 3.05) is 18.0 Å². The second kappa shape index (κ2) is 9.51. The lowest BCUT2D eigenvalue weighted by atomic mass is 9.87. The van der Waals surface area contributed by atoms with Gasteiger partial charge in [0.1, 0.15) is 6.54 Å². The summed E-state index contributed by atoms with van der Waals surface area (Å²) in [5, 5.41) is 3.09. The Hall–Kier alpha value is -1.93. The van der Waals surface area contributed by atoms with Crippen molar-refractivity contribution in [3.63, 3.8) is 0 Å². The smallest absolute Gasteiger partial charge is 0.243 e. The summed E-state index contributed by atoms with van der Waals surface area (Å²) in [6.07, 6.45) is 7.77. The second-order valence-corrected chi connectivity index (χ2v) is 11.6. The summed E-state index contributed by atoms with van der Waals surface area (Å²) in [7, 11) is -3.57. The van der Waals surface area contributed by atoms with Gasteiger partial charge in [-0.1, -0.05) is 13.3 Å². The molecule has 2 amide bonds. The number of rotatable bonds is 5. The van der Waals surface area contributed by atoms with Crippen molar-refractivity contribution in [1.82, 2.24) is 9.62 Å². The van der Waals surface area contributed by atoms with Crippen molar-refractivity contribution < 1.29 is 18.0 Å². The highest BCUT2D eigenvalue weighted by atomic mass is 32.2. The normalized spacial score (nSPS) is 27.1. The lowest BCUT2D eigenvalue weighted by Crippen LogP contribution is -2.46. The van der Waals surface area contributed by atoms with E-state index in [0.29, 0.717) is 24.6 Å². The minimum absolute atomic E-state index is 0.00525. The molecule has 176 valence electrons. The summed E-state index contributed by atoms with van der Waals surface area (Å²) in [4.78, 5) is 27.1. The fraction of sp³-hybridized carbons (Fsp3) is 0.667. The van der Waals surface area contributed by atoms with Crippen molar-refractivity contribution >= 4 is 27.5 Å². The van der Waals surface area contributed by atoms with Gasteiger partial charge < -0.3 is 10.2 Å². The van der Waals surface area contributed by atoms with Gasteiger partial charge in [-0.15, -0.1) is 0 Å². The van der Waals surface area contributed by atoms with Crippen LogP contribution in [0.15, 0.2) is 23.1 Å². The van der Waals surface area contributed by atoms with E-state index in [4.69, 9.17) is 0 Å². The molecule has 0 unspecified atom stereocenters. The number of nitrogens with one attached hydrogen (secondary N) is 1. The number of piperidine rings is 1. The van der Waals surface area contributed by atoms with Crippen molar-refractivity contribution in [2.24, 2.45) is 5.92 Å². The lowest BCUT2D eigenvalue weighted by Gasteiger charge is -2.33. The van der Waals surface area contributed by atoms with Gasteiger partial charge in [0.25, 0.3) is 0 Å². The molecule has 2 aliphatic heterocycles. The molecule has 0 spiro atoms. The molecule has 1 aliphatic carbocycles. The molecule has 1 aromatic rings. The number of aryl methyl sites for hydroxylation is 1. The van der Waals surface area contributed by atoms with Gasteiger partial charge in [0.2, 0.25) is 21.8 Å². The second-order valence-electron chi connectivity index (χ2n) is 9.76. The maximum absolute atomic E-state index is 13.2. The molecule has 3 aliphatic rings. The summed E-state index contributed by atoms with van der Waals surface area (Å²) in [5.74, 6) is 0.465. The highest BCUT2D eigenvalue weighted by Gasteiger charge is 2.33. The van der Waals surface area contributed by atoms with E-state index >= 15 is 0 Å². The molecule has 2 fully saturated rings. The molecule has 0 aromatic heterocycles. The van der Waals surface area contributed by atoms with Gasteiger partial charge in [0.05, 0.1) is 4.90 Å². The van der Waals surface area contributed by atoms with Crippen molar-refractivity contribution in [2.45, 2.75) is 88.6 Å². The Labute approximate surface area is 191 Å². The van der Waals surface area contributed by atoms with Crippen molar-refractivity contribution in [1.29, 1.82) is 0 Å². The third kappa shape index (κ3) is 4.86. The van der Waals surface area contributed by atoms with E-state index < -0.39 is 10.0 Å². The average molecular weight is 462 g/mol. The number of sulfonamides is 1. The number of anilines is 1. The maximum atomic E-state index is 13.2. The van der Waals surface area contributed by atoms with Crippen LogP contribution >= 0.6 is 0 Å². The van der Waals surface area contributed by atoms with Crippen LogP contribution in [0.25, 0.3) is 0 Å². The largest absolute Gasteiger partial charge is 0.352 e. The van der Waals surface area contributed by atoms with E-state index in [9.17, 15) is 18.0 Å². The molecular formula is C24H35N3O4S. The zero-order chi connectivity index (χ0) is 22.9. The van der Waals surface area contributed by atoms with Crippen molar-refractivity contribution in [3.05, 3.63) is 23.8 Å². The van der Waals surface area contributed by atoms with Gasteiger partial charge in [-0.3, -0.25) is 9.59 Å². The van der Waals surface area contributed by atoms with E-state index in [1.54, 1.807) is 22.5 Å². The van der Waals surface area contributed by atoms with Crippen LogP contribution in [0, 0.1) is 5.92 Å². The Balaban J connectivity index is 1.49. The van der Waals surface area contributed by atoms with Crippen LogP contribution in [0.1, 0.15) is 70.8 Å². The molecular weight excluding hydrogens is 426 g/mol. The number of carbonyl (C=O) groups is 2. The number of hydrogen-bond donors (Lipinski definition) is 1. The number of nitrogens with zero attached hydrogens (tertiary/aromatic N) is 2. The average Bonchev–Trinajstić information content (AvgIpc) is 2.77. The third-order valence-electron chi connectivity index (χ3n) is 7.28. The predicted molar refractivity (Wildman–Crippen MR) is 124 cm³/mol. The Morgan fingerprint density at radius 3 is 2.53 bits per heavy atom. The standard InChI is InChI=1S/C24H35N3O4S/c1-17-6-9-20(10-7-17)25-23(28)16-26-22-12-11-21(15-19(22)8-13-24(26)29)32(30,31)27-14-4-3-5-18(27)2/h11-12,15,17-18,20H,3-10,13-14,16H2,1-2H3,(H,25,28)/t17?,18-,20?/m1/s1. The molecule has 1 atom stereocenters. The van der Waals surface area contributed by atoms with E-state index in [1.807, 2.05) is 6.92 Å². The molecule has 1 N–H and O–H groups in total. The Kier molecular flexibility index (Phi) is 6.91. The minimum Gasteiger partial charge on any atom is -0.352 e. The van der Waals surface area contributed by atoms with Crippen LogP contribution in [0.3, 0.4) is 0 Å². The van der Waals surface area contributed by atoms with Gasteiger partial charge in [0.15, 0.2) is 0 Å². The number of carbonyl (C=O) groups excluding carboxylic acids is 2. The first-order valence-electron chi connectivity index (χ1n) is 12.0. The molecule has 7 nitrogen and oxygen atoms in total. The van der Waals surface area contributed by atoms with Crippen LogP contribution in [-0.2, 0) is 26.0 Å². The van der Waals surface area contributed by atoms with Gasteiger partial charge in [-0.05, 0) is 81.5 Å². The van der Waals surface area contributed by atoms with E-state index in [1.165, 1.54) is 4.90 Å². The summed E-state index contributed by atoms with van der Waals surface area (Å²) in [6.45, 7) is 4.72. The van der Waals surface area contributed by atoms with Crippen molar-refractivity contribution in [3.8, 4) is 0 Å². The number of fused-ring (bicyclic) bond motifs is 1. The molecule has 0 bridgehead atoms. The Morgan fingerprint density at radius 1 is 1.06 bits per heavy atom. The fourth-order valence-corrected chi connectivity index (χ4v) is 7.01. The predicted octanol–water partition coefficient (Wildman–Crippen LogP) is 3.22. The van der Waals surface area contributed by atoms with Crippen LogP contribution in [0.4, 0.5) is 5.69 Å². The van der Waals surface area contributed by atoms with Crippen LogP contribution < -0.4 is 10.2 Å². The molecule has 0 radical (unpaired) electrons. The fourth-order valence-electron chi connectivity index (χ4n) is 5.26. The number of hydrogen-bond acceptors (Lipinski definition) is 4. The van der Waals surface area contributed by atoms with Crippen LogP contribution in [0.5, 0.6) is 0 Å². The van der Waals surface area contributed by atoms with Gasteiger partial charge >= 0.3 is 0 Å². The Morgan fingerprint density at radius 2 is 1.81 bits per heavy atom. The molecule has 1 saturated carbocycles. The first kappa shape index (κ1) is 23.2. The molecule has 1 aromatic carbocycles. The molecule has 2 heterocycles. The first-order valence-corrected chi connectivity index (χ1v) is 13.4. The van der Waals surface area contributed by atoms with Crippen LogP contribution in [-0.4, -0.2) is 49.7 Å². The number of benzene rings is 1. The maximum Gasteiger partial charge on any atom is 0.243 e. The number of amides is 2. The topological polar surface area (TPSA) is 86.8 Å². The van der Waals surface area contributed by atoms with Gasteiger partial charge in [-0.25, -0.2) is 8.42 Å². The van der Waals surface area contributed by atoms with Crippen LogP contribution in [0.2, 0.25) is 0 Å². The van der Waals surface area contributed by atoms with E-state index in [-0.39, 0.29) is 41.8 Å². The molecule has 8 heteroatoms. The Bertz CT molecular complexity index is 969. The zero-order valence-corrected chi connectivity index (χ0v) is 20.0. The van der Waals surface area contributed by atoms with E-state index in [2.05, 4.69) is 12.2 Å². The monoisotopic (exact) mass is 461 g/mol. The highest BCUT2D eigenvalue weighted by molar-refractivity contribution is 7.89. The summed E-state index contributed by atoms with van der Waals surface area (Å²) in [6, 6.07) is 5.16. The summed E-state index contributed by atoms with van der Waals surface area (Å²) in [5.41, 5.74) is 1.47. The molecule has 1 saturated heterocycles. The highest BCUT2D eigenvalue weighted by Crippen LogP contribution is 2.32. The third-order valence-corrected chi connectivity index (χ3v) is 9.29. The SMILES string of the molecule is CC1CCC(NC(=O)CN2C(=O)CCc3cc(S(=O)(=O)N4CCCC[C@H]4C)ccc32)CC1. The zero-order valence-electron chi connectivity index (χ0n) is 19.2. The van der Waals surface area contributed by atoms with E-state index in [0.717, 1.165) is 50.5 Å². The molecule has 32 heavy (non-hydrogen) atoms. The quantitative estimate of drug-likeness (QED) is 0.729. The first-order chi connectivity index (χ1) is 15.3.